The van der Waals surface area contributed by atoms with E-state index in [-0.39, 0.29) is 30.3 Å². The highest BCUT2D eigenvalue weighted by atomic mass is 16.3. The van der Waals surface area contributed by atoms with Gasteiger partial charge in [-0.15, -0.1) is 0 Å². The van der Waals surface area contributed by atoms with Gasteiger partial charge in [0.2, 0.25) is 0 Å². The molecule has 5 heteroatoms. The Balaban J connectivity index is 1.45. The number of amides is 1. The number of benzene rings is 1. The number of ketones is 1. The van der Waals surface area contributed by atoms with Crippen LogP contribution >= 0.6 is 0 Å². The largest absolute Gasteiger partial charge is 0.396 e. The Morgan fingerprint density at radius 1 is 1.04 bits per heavy atom. The second-order valence-corrected chi connectivity index (χ2v) is 7.19. The standard InChI is InChI=1S/C20H22N2O3/c23-11-17-14-5-6-15(9-14)18(17)22-20(25)13-3-1-12(2-4-13)19(24)16-7-8-21-10-16/h1-4,7-8,10,14-15,17-18,21,23H,5-6,9,11H2,(H,22,25). The molecule has 2 aliphatic rings. The number of fused-ring (bicyclic) bond motifs is 2. The quantitative estimate of drug-likeness (QED) is 0.732. The van der Waals surface area contributed by atoms with Gasteiger partial charge in [-0.1, -0.05) is 12.1 Å². The summed E-state index contributed by atoms with van der Waals surface area (Å²) in [7, 11) is 0. The minimum Gasteiger partial charge on any atom is -0.396 e. The second kappa shape index (κ2) is 6.48. The van der Waals surface area contributed by atoms with Gasteiger partial charge in [0, 0.05) is 47.7 Å². The summed E-state index contributed by atoms with van der Waals surface area (Å²) in [6.07, 6.45) is 6.78. The van der Waals surface area contributed by atoms with Gasteiger partial charge in [0.25, 0.3) is 5.91 Å². The summed E-state index contributed by atoms with van der Waals surface area (Å²) < 4.78 is 0. The van der Waals surface area contributed by atoms with E-state index in [4.69, 9.17) is 0 Å². The summed E-state index contributed by atoms with van der Waals surface area (Å²) in [5.41, 5.74) is 1.71. The van der Waals surface area contributed by atoms with Crippen LogP contribution in [0, 0.1) is 17.8 Å². The number of nitrogens with one attached hydrogen (secondary N) is 2. The van der Waals surface area contributed by atoms with Crippen LogP contribution in [0.3, 0.4) is 0 Å². The molecule has 4 unspecified atom stereocenters. The third-order valence-corrected chi connectivity index (χ3v) is 5.87. The Morgan fingerprint density at radius 2 is 1.76 bits per heavy atom. The molecule has 1 aromatic heterocycles. The predicted octanol–water partition coefficient (Wildman–Crippen LogP) is 2.38. The van der Waals surface area contributed by atoms with Crippen molar-refractivity contribution in [3.05, 3.63) is 59.4 Å². The monoisotopic (exact) mass is 338 g/mol. The number of aliphatic hydroxyl groups excluding tert-OH is 1. The molecule has 3 N–H and O–H groups in total. The van der Waals surface area contributed by atoms with Crippen LogP contribution < -0.4 is 5.32 Å². The predicted molar refractivity (Wildman–Crippen MR) is 93.3 cm³/mol. The fourth-order valence-electron chi connectivity index (χ4n) is 4.54. The normalized spacial score (nSPS) is 27.4. The van der Waals surface area contributed by atoms with Gasteiger partial charge in [-0.2, -0.15) is 0 Å². The molecular formula is C20H22N2O3. The summed E-state index contributed by atoms with van der Waals surface area (Å²) in [6, 6.07) is 8.56. The Hall–Kier alpha value is -2.40. The fraction of sp³-hybridized carbons (Fsp3) is 0.400. The molecule has 0 radical (unpaired) electrons. The molecule has 2 aromatic rings. The number of carbonyl (C=O) groups excluding carboxylic acids is 2. The number of rotatable bonds is 5. The van der Waals surface area contributed by atoms with Crippen molar-refractivity contribution >= 4 is 11.7 Å². The van der Waals surface area contributed by atoms with E-state index in [1.165, 1.54) is 0 Å². The van der Waals surface area contributed by atoms with Gasteiger partial charge >= 0.3 is 0 Å². The number of carbonyl (C=O) groups is 2. The van der Waals surface area contributed by atoms with Crippen LogP contribution in [0.1, 0.15) is 45.5 Å². The van der Waals surface area contributed by atoms with Gasteiger partial charge < -0.3 is 15.4 Å². The van der Waals surface area contributed by atoms with Crippen LogP contribution in [0.5, 0.6) is 0 Å². The number of aromatic nitrogens is 1. The third-order valence-electron chi connectivity index (χ3n) is 5.87. The number of H-pyrrole nitrogens is 1. The van der Waals surface area contributed by atoms with E-state index >= 15 is 0 Å². The Kier molecular flexibility index (Phi) is 4.17. The van der Waals surface area contributed by atoms with E-state index in [9.17, 15) is 14.7 Å². The van der Waals surface area contributed by atoms with Crippen molar-refractivity contribution in [2.24, 2.45) is 17.8 Å². The molecule has 0 saturated heterocycles. The summed E-state index contributed by atoms with van der Waals surface area (Å²) in [6.45, 7) is 0.135. The van der Waals surface area contributed by atoms with Crippen molar-refractivity contribution in [3.8, 4) is 0 Å². The summed E-state index contributed by atoms with van der Waals surface area (Å²) in [5.74, 6) is 1.01. The molecular weight excluding hydrogens is 316 g/mol. The number of hydrogen-bond acceptors (Lipinski definition) is 3. The average Bonchev–Trinajstić information content (AvgIpc) is 3.38. The van der Waals surface area contributed by atoms with Crippen LogP contribution in [0.15, 0.2) is 42.7 Å². The molecule has 4 atom stereocenters. The lowest BCUT2D eigenvalue weighted by atomic mass is 9.85. The lowest BCUT2D eigenvalue weighted by molar-refractivity contribution is 0.0860. The number of aromatic amines is 1. The van der Waals surface area contributed by atoms with Crippen molar-refractivity contribution in [3.63, 3.8) is 0 Å². The van der Waals surface area contributed by atoms with Crippen LogP contribution in [0.25, 0.3) is 0 Å². The molecule has 130 valence electrons. The highest BCUT2D eigenvalue weighted by molar-refractivity contribution is 6.09. The van der Waals surface area contributed by atoms with E-state index in [2.05, 4.69) is 10.3 Å². The fourth-order valence-corrected chi connectivity index (χ4v) is 4.54. The SMILES string of the molecule is O=C(NC1C2CCC(C2)C1CO)c1ccc(C(=O)c2cc[nH]c2)cc1. The van der Waals surface area contributed by atoms with Crippen molar-refractivity contribution < 1.29 is 14.7 Å². The van der Waals surface area contributed by atoms with Gasteiger partial charge in [-0.3, -0.25) is 9.59 Å². The molecule has 2 saturated carbocycles. The van der Waals surface area contributed by atoms with Crippen molar-refractivity contribution in [1.29, 1.82) is 0 Å². The summed E-state index contributed by atoms with van der Waals surface area (Å²) in [5, 5.41) is 12.8. The zero-order valence-electron chi connectivity index (χ0n) is 13.9. The van der Waals surface area contributed by atoms with Crippen molar-refractivity contribution in [1.82, 2.24) is 10.3 Å². The first kappa shape index (κ1) is 16.1. The first-order valence-corrected chi connectivity index (χ1v) is 8.86. The molecule has 1 aromatic carbocycles. The summed E-state index contributed by atoms with van der Waals surface area (Å²) in [4.78, 5) is 27.7. The zero-order valence-corrected chi connectivity index (χ0v) is 13.9. The Bertz CT molecular complexity index is 767. The first-order chi connectivity index (χ1) is 12.2. The van der Waals surface area contributed by atoms with Gasteiger partial charge in [-0.25, -0.2) is 0 Å². The lowest BCUT2D eigenvalue weighted by Crippen LogP contribution is -2.45. The van der Waals surface area contributed by atoms with Gasteiger partial charge in [-0.05, 0) is 49.3 Å². The Morgan fingerprint density at radius 3 is 2.44 bits per heavy atom. The number of aliphatic hydroxyl groups is 1. The highest BCUT2D eigenvalue weighted by Crippen LogP contribution is 2.48. The molecule has 1 amide bonds. The van der Waals surface area contributed by atoms with E-state index in [1.807, 2.05) is 0 Å². The van der Waals surface area contributed by atoms with E-state index in [1.54, 1.807) is 42.7 Å². The van der Waals surface area contributed by atoms with Gasteiger partial charge in [0.1, 0.15) is 0 Å². The zero-order chi connectivity index (χ0) is 17.4. The second-order valence-electron chi connectivity index (χ2n) is 7.19. The molecule has 2 bridgehead atoms. The molecule has 25 heavy (non-hydrogen) atoms. The third kappa shape index (κ3) is 2.89. The van der Waals surface area contributed by atoms with Crippen molar-refractivity contribution in [2.75, 3.05) is 6.61 Å². The van der Waals surface area contributed by atoms with E-state index < -0.39 is 0 Å². The molecule has 1 heterocycles. The average molecular weight is 338 g/mol. The topological polar surface area (TPSA) is 82.2 Å². The molecule has 5 nitrogen and oxygen atoms in total. The molecule has 4 rings (SSSR count). The minimum atomic E-state index is -0.128. The summed E-state index contributed by atoms with van der Waals surface area (Å²) >= 11 is 0. The minimum absolute atomic E-state index is 0.0671. The maximum absolute atomic E-state index is 12.6. The Labute approximate surface area is 146 Å². The lowest BCUT2D eigenvalue weighted by Gasteiger charge is -2.30. The van der Waals surface area contributed by atoms with Crippen LogP contribution in [0.4, 0.5) is 0 Å². The van der Waals surface area contributed by atoms with Crippen LogP contribution in [-0.4, -0.2) is 34.4 Å². The smallest absolute Gasteiger partial charge is 0.251 e. The van der Waals surface area contributed by atoms with E-state index in [0.29, 0.717) is 28.5 Å². The van der Waals surface area contributed by atoms with E-state index in [0.717, 1.165) is 19.3 Å². The number of hydrogen-bond donors (Lipinski definition) is 3. The van der Waals surface area contributed by atoms with Gasteiger partial charge in [0.05, 0.1) is 0 Å². The highest BCUT2D eigenvalue weighted by Gasteiger charge is 2.47. The molecule has 0 spiro atoms. The van der Waals surface area contributed by atoms with Gasteiger partial charge in [0.15, 0.2) is 5.78 Å². The molecule has 2 aliphatic carbocycles. The molecule has 0 aliphatic heterocycles. The maximum Gasteiger partial charge on any atom is 0.251 e. The first-order valence-electron chi connectivity index (χ1n) is 8.86. The van der Waals surface area contributed by atoms with Crippen molar-refractivity contribution in [2.45, 2.75) is 25.3 Å². The molecule has 2 fully saturated rings. The maximum atomic E-state index is 12.6. The van der Waals surface area contributed by atoms with Crippen LogP contribution in [0.2, 0.25) is 0 Å². The van der Waals surface area contributed by atoms with Crippen LogP contribution in [-0.2, 0) is 0 Å².